The third-order valence-electron chi connectivity index (χ3n) is 7.06. The van der Waals surface area contributed by atoms with Crippen molar-refractivity contribution in [2.75, 3.05) is 26.2 Å². The van der Waals surface area contributed by atoms with Gasteiger partial charge in [0.05, 0.1) is 11.4 Å². The van der Waals surface area contributed by atoms with Gasteiger partial charge in [-0.1, -0.05) is 12.8 Å². The molecule has 2 aromatic rings. The van der Waals surface area contributed by atoms with Crippen LogP contribution in [-0.2, 0) is 0 Å². The van der Waals surface area contributed by atoms with Crippen LogP contribution in [0.3, 0.4) is 0 Å². The van der Waals surface area contributed by atoms with Crippen LogP contribution in [0.2, 0.25) is 0 Å². The molecule has 4 heterocycles. The van der Waals surface area contributed by atoms with Crippen molar-refractivity contribution in [2.45, 2.75) is 51.4 Å². The van der Waals surface area contributed by atoms with Crippen molar-refractivity contribution in [2.24, 2.45) is 11.8 Å². The Hall–Kier alpha value is -1.86. The van der Waals surface area contributed by atoms with E-state index in [1.54, 1.807) is 6.07 Å². The molecule has 5 rings (SSSR count). The zero-order valence-electron chi connectivity index (χ0n) is 16.9. The first-order chi connectivity index (χ1) is 13.6. The van der Waals surface area contributed by atoms with E-state index in [1.807, 2.05) is 16.3 Å². The van der Waals surface area contributed by atoms with Gasteiger partial charge in [0, 0.05) is 25.1 Å². The van der Waals surface area contributed by atoms with Gasteiger partial charge in [0.1, 0.15) is 11.2 Å². The fourth-order valence-electron chi connectivity index (χ4n) is 5.57. The van der Waals surface area contributed by atoms with Crippen molar-refractivity contribution in [3.8, 4) is 0 Å². The highest BCUT2D eigenvalue weighted by Crippen LogP contribution is 2.37. The van der Waals surface area contributed by atoms with Crippen LogP contribution in [0.4, 0.5) is 0 Å². The summed E-state index contributed by atoms with van der Waals surface area (Å²) in [6.45, 7) is 5.47. The zero-order valence-corrected chi connectivity index (χ0v) is 17.8. The van der Waals surface area contributed by atoms with E-state index < -0.39 is 0 Å². The molecule has 29 heavy (non-hydrogen) atoms. The second kappa shape index (κ2) is 8.11. The topological polar surface area (TPSA) is 82.5 Å². The molecule has 2 N–H and O–H groups in total. The largest absolute Gasteiger partial charge is 0.338 e. The summed E-state index contributed by atoms with van der Waals surface area (Å²) in [5.74, 6) is 1.61. The number of fused-ring (bicyclic) bond motifs is 2. The molecule has 1 aliphatic carbocycles. The standard InChI is InChI=1S/C21H29N5O2.ClH/c1-13-19(21(28)25-11-15-4-2-3-5-16(15)12-25)20-23-18(27)10-17(26(20)24-13)14-6-8-22-9-7-14;/h10,14-16,22H,2-9,11-12H2,1H3,(H,23,27);1H. The highest BCUT2D eigenvalue weighted by Gasteiger charge is 2.38. The molecule has 1 saturated carbocycles. The predicted molar refractivity (Wildman–Crippen MR) is 114 cm³/mol. The van der Waals surface area contributed by atoms with Gasteiger partial charge >= 0.3 is 0 Å². The van der Waals surface area contributed by atoms with Gasteiger partial charge in [0.25, 0.3) is 11.5 Å². The van der Waals surface area contributed by atoms with Crippen LogP contribution < -0.4 is 10.9 Å². The summed E-state index contributed by atoms with van der Waals surface area (Å²) in [5, 5.41) is 8.06. The number of rotatable bonds is 2. The van der Waals surface area contributed by atoms with E-state index in [0.29, 0.717) is 34.7 Å². The van der Waals surface area contributed by atoms with Gasteiger partial charge in [-0.05, 0) is 57.5 Å². The van der Waals surface area contributed by atoms with E-state index in [1.165, 1.54) is 25.7 Å². The van der Waals surface area contributed by atoms with E-state index in [9.17, 15) is 9.59 Å². The molecule has 2 aliphatic heterocycles. The van der Waals surface area contributed by atoms with Crippen LogP contribution in [0, 0.1) is 18.8 Å². The lowest BCUT2D eigenvalue weighted by Gasteiger charge is -2.23. The maximum atomic E-state index is 13.4. The molecule has 0 bridgehead atoms. The highest BCUT2D eigenvalue weighted by molar-refractivity contribution is 6.01. The first-order valence-electron chi connectivity index (χ1n) is 10.7. The molecule has 7 nitrogen and oxygen atoms in total. The minimum absolute atomic E-state index is 0. The summed E-state index contributed by atoms with van der Waals surface area (Å²) in [5.41, 5.74) is 2.63. The van der Waals surface area contributed by atoms with Crippen LogP contribution in [0.15, 0.2) is 10.9 Å². The van der Waals surface area contributed by atoms with Crippen molar-refractivity contribution < 1.29 is 4.79 Å². The number of nitrogens with one attached hydrogen (secondary N) is 2. The van der Waals surface area contributed by atoms with E-state index in [-0.39, 0.29) is 23.9 Å². The molecule has 0 radical (unpaired) electrons. The number of amides is 1. The molecule has 2 atom stereocenters. The minimum atomic E-state index is -0.148. The van der Waals surface area contributed by atoms with E-state index in [4.69, 9.17) is 5.10 Å². The molecule has 0 aromatic carbocycles. The van der Waals surface area contributed by atoms with Gasteiger partial charge in [0.2, 0.25) is 0 Å². The number of hydrogen-bond donors (Lipinski definition) is 2. The minimum Gasteiger partial charge on any atom is -0.338 e. The van der Waals surface area contributed by atoms with E-state index >= 15 is 0 Å². The number of likely N-dealkylation sites (tertiary alicyclic amines) is 1. The lowest BCUT2D eigenvalue weighted by Crippen LogP contribution is -2.30. The SMILES string of the molecule is Cc1nn2c(C3CCNCC3)cc(=O)[nH]c2c1C(=O)N1CC2CCCCC2C1.Cl. The number of carbonyl (C=O) groups is 1. The monoisotopic (exact) mass is 419 g/mol. The Bertz CT molecular complexity index is 948. The first-order valence-corrected chi connectivity index (χ1v) is 10.7. The maximum Gasteiger partial charge on any atom is 0.259 e. The molecule has 3 aliphatic rings. The average Bonchev–Trinajstić information content (AvgIpc) is 3.28. The second-order valence-corrected chi connectivity index (χ2v) is 8.82. The zero-order chi connectivity index (χ0) is 19.3. The fourth-order valence-corrected chi connectivity index (χ4v) is 5.57. The van der Waals surface area contributed by atoms with E-state index in [2.05, 4.69) is 10.3 Å². The summed E-state index contributed by atoms with van der Waals surface area (Å²) in [7, 11) is 0. The molecule has 3 fully saturated rings. The molecular weight excluding hydrogens is 390 g/mol. The Morgan fingerprint density at radius 1 is 1.10 bits per heavy atom. The van der Waals surface area contributed by atoms with Crippen LogP contribution in [-0.4, -0.2) is 51.6 Å². The van der Waals surface area contributed by atoms with Gasteiger partial charge in [0.15, 0.2) is 0 Å². The molecule has 2 unspecified atom stereocenters. The van der Waals surface area contributed by atoms with Crippen LogP contribution >= 0.6 is 12.4 Å². The molecular formula is C21H30ClN5O2. The number of halogens is 1. The average molecular weight is 420 g/mol. The normalized spacial score (nSPS) is 25.1. The van der Waals surface area contributed by atoms with Gasteiger partial charge in [-0.25, -0.2) is 4.52 Å². The summed E-state index contributed by atoms with van der Waals surface area (Å²) in [6, 6.07) is 1.66. The maximum absolute atomic E-state index is 13.4. The number of aromatic nitrogens is 3. The van der Waals surface area contributed by atoms with Gasteiger partial charge in [-0.2, -0.15) is 5.10 Å². The van der Waals surface area contributed by atoms with Crippen molar-refractivity contribution in [3.05, 3.63) is 33.4 Å². The molecule has 0 spiro atoms. The molecule has 8 heteroatoms. The van der Waals surface area contributed by atoms with Crippen LogP contribution in [0.1, 0.15) is 66.2 Å². The number of nitrogens with zero attached hydrogens (tertiary/aromatic N) is 3. The number of H-pyrrole nitrogens is 1. The second-order valence-electron chi connectivity index (χ2n) is 8.82. The summed E-state index contributed by atoms with van der Waals surface area (Å²) in [6.07, 6.45) is 7.00. The molecule has 158 valence electrons. The number of aromatic amines is 1. The number of hydrogen-bond acceptors (Lipinski definition) is 4. The highest BCUT2D eigenvalue weighted by atomic mass is 35.5. The fraction of sp³-hybridized carbons (Fsp3) is 0.667. The lowest BCUT2D eigenvalue weighted by molar-refractivity contribution is 0.0785. The van der Waals surface area contributed by atoms with E-state index in [0.717, 1.165) is 44.7 Å². The quantitative estimate of drug-likeness (QED) is 0.783. The van der Waals surface area contributed by atoms with Gasteiger partial charge in [-0.15, -0.1) is 12.4 Å². The summed E-state index contributed by atoms with van der Waals surface area (Å²) < 4.78 is 1.82. The Morgan fingerprint density at radius 3 is 2.41 bits per heavy atom. The van der Waals surface area contributed by atoms with Crippen LogP contribution in [0.5, 0.6) is 0 Å². The third-order valence-corrected chi connectivity index (χ3v) is 7.06. The van der Waals surface area contributed by atoms with Crippen molar-refractivity contribution >= 4 is 24.0 Å². The van der Waals surface area contributed by atoms with Crippen molar-refractivity contribution in [1.82, 2.24) is 24.8 Å². The summed E-state index contributed by atoms with van der Waals surface area (Å²) >= 11 is 0. The van der Waals surface area contributed by atoms with Crippen molar-refractivity contribution in [3.63, 3.8) is 0 Å². The Kier molecular flexibility index (Phi) is 5.71. The van der Waals surface area contributed by atoms with Crippen molar-refractivity contribution in [1.29, 1.82) is 0 Å². The molecule has 2 saturated heterocycles. The molecule has 2 aromatic heterocycles. The molecule has 1 amide bonds. The Labute approximate surface area is 176 Å². The Morgan fingerprint density at radius 2 is 1.76 bits per heavy atom. The third kappa shape index (κ3) is 3.59. The van der Waals surface area contributed by atoms with Gasteiger partial charge in [-0.3, -0.25) is 9.59 Å². The van der Waals surface area contributed by atoms with Crippen LogP contribution in [0.25, 0.3) is 5.65 Å². The number of piperidine rings is 1. The van der Waals surface area contributed by atoms with Gasteiger partial charge < -0.3 is 15.2 Å². The lowest BCUT2D eigenvalue weighted by atomic mass is 9.82. The number of carbonyl (C=O) groups excluding carboxylic acids is 1. The Balaban J connectivity index is 0.00000205. The summed E-state index contributed by atoms with van der Waals surface area (Å²) in [4.78, 5) is 30.8. The smallest absolute Gasteiger partial charge is 0.259 e. The first kappa shape index (κ1) is 20.4. The predicted octanol–water partition coefficient (Wildman–Crippen LogP) is 2.48. The number of aryl methyl sites for hydroxylation is 1.